The Hall–Kier alpha value is -1.79. The van der Waals surface area contributed by atoms with Gasteiger partial charge in [-0.2, -0.15) is 0 Å². The smallest absolute Gasteiger partial charge is 0.191 e. The lowest BCUT2D eigenvalue weighted by molar-refractivity contribution is 0.0394. The molecule has 6 heteroatoms. The second kappa shape index (κ2) is 9.78. The molecule has 0 spiro atoms. The van der Waals surface area contributed by atoms with Gasteiger partial charge in [-0.05, 0) is 31.9 Å². The fraction of sp³-hybridized carbons (Fsp3) is 0.650. The summed E-state index contributed by atoms with van der Waals surface area (Å²) in [5.41, 5.74) is 2.85. The molecule has 0 aromatic heterocycles. The normalized spacial score (nSPS) is 20.9. The molecular weight excluding hydrogens is 326 g/mol. The van der Waals surface area contributed by atoms with Crippen molar-refractivity contribution in [1.29, 1.82) is 0 Å². The largest absolute Gasteiger partial charge is 0.379 e. The van der Waals surface area contributed by atoms with E-state index in [1.807, 2.05) is 0 Å². The molecule has 2 heterocycles. The van der Waals surface area contributed by atoms with Crippen molar-refractivity contribution in [2.24, 2.45) is 4.99 Å². The van der Waals surface area contributed by atoms with E-state index in [4.69, 9.17) is 9.73 Å². The number of para-hydroxylation sites is 1. The van der Waals surface area contributed by atoms with E-state index < -0.39 is 0 Å². The molecule has 1 aromatic carbocycles. The average molecular weight is 360 g/mol. The summed E-state index contributed by atoms with van der Waals surface area (Å²) in [5.74, 6) is 0.917. The van der Waals surface area contributed by atoms with Crippen LogP contribution in [0.2, 0.25) is 0 Å². The summed E-state index contributed by atoms with van der Waals surface area (Å²) in [6, 6.07) is 9.32. The van der Waals surface area contributed by atoms with Crippen LogP contribution >= 0.6 is 0 Å². The molecule has 0 aliphatic carbocycles. The summed E-state index contributed by atoms with van der Waals surface area (Å²) in [6.07, 6.45) is 1.14. The summed E-state index contributed by atoms with van der Waals surface area (Å²) >= 11 is 0. The number of anilines is 1. The number of morpholine rings is 1. The Balaban J connectivity index is 1.45. The van der Waals surface area contributed by atoms with Crippen LogP contribution in [0.3, 0.4) is 0 Å². The molecule has 26 heavy (non-hydrogen) atoms. The Morgan fingerprint density at radius 1 is 1.19 bits per heavy atom. The first-order chi connectivity index (χ1) is 12.8. The number of nitrogens with zero attached hydrogens (tertiary/aromatic N) is 3. The molecule has 1 unspecified atom stereocenters. The van der Waals surface area contributed by atoms with Gasteiger partial charge in [0, 0.05) is 51.0 Å². The third-order valence-corrected chi connectivity index (χ3v) is 5.13. The van der Waals surface area contributed by atoms with Crippen molar-refractivity contribution >= 4 is 11.6 Å². The Morgan fingerprint density at radius 3 is 2.81 bits per heavy atom. The number of rotatable bonds is 7. The maximum Gasteiger partial charge on any atom is 0.191 e. The van der Waals surface area contributed by atoms with Gasteiger partial charge in [0.05, 0.1) is 19.8 Å². The topological polar surface area (TPSA) is 52.1 Å². The van der Waals surface area contributed by atoms with Crippen LogP contribution in [0.15, 0.2) is 29.3 Å². The van der Waals surface area contributed by atoms with Crippen molar-refractivity contribution in [2.75, 3.05) is 63.9 Å². The van der Waals surface area contributed by atoms with E-state index in [0.717, 1.165) is 71.4 Å². The highest BCUT2D eigenvalue weighted by molar-refractivity contribution is 5.79. The minimum Gasteiger partial charge on any atom is -0.379 e. The van der Waals surface area contributed by atoms with Crippen molar-refractivity contribution in [2.45, 2.75) is 26.3 Å². The molecule has 0 radical (unpaired) electrons. The number of nitrogens with one attached hydrogen (secondary N) is 2. The third kappa shape index (κ3) is 5.11. The number of benzene rings is 1. The third-order valence-electron chi connectivity index (χ3n) is 5.13. The van der Waals surface area contributed by atoms with Gasteiger partial charge >= 0.3 is 0 Å². The SMILES string of the molecule is CCNC(=NCCN1CCOCC1)NCCN1c2ccccc2CC1C. The van der Waals surface area contributed by atoms with Gasteiger partial charge in [0.15, 0.2) is 5.96 Å². The lowest BCUT2D eigenvalue weighted by Crippen LogP contribution is -2.43. The van der Waals surface area contributed by atoms with E-state index in [0.29, 0.717) is 6.04 Å². The van der Waals surface area contributed by atoms with Gasteiger partial charge in [-0.15, -0.1) is 0 Å². The minimum absolute atomic E-state index is 0.565. The Bertz CT molecular complexity index is 585. The predicted octanol–water partition coefficient (Wildman–Crippen LogP) is 1.32. The molecular formula is C20H33N5O. The summed E-state index contributed by atoms with van der Waals surface area (Å²) < 4.78 is 5.39. The van der Waals surface area contributed by atoms with Crippen LogP contribution in [0.4, 0.5) is 5.69 Å². The molecule has 1 atom stereocenters. The Morgan fingerprint density at radius 2 is 2.00 bits per heavy atom. The van der Waals surface area contributed by atoms with Gasteiger partial charge in [-0.25, -0.2) is 0 Å². The van der Waals surface area contributed by atoms with E-state index in [1.54, 1.807) is 0 Å². The molecule has 6 nitrogen and oxygen atoms in total. The van der Waals surface area contributed by atoms with E-state index in [-0.39, 0.29) is 0 Å². The number of fused-ring (bicyclic) bond motifs is 1. The number of ether oxygens (including phenoxy) is 1. The molecule has 2 aliphatic heterocycles. The van der Waals surface area contributed by atoms with E-state index in [9.17, 15) is 0 Å². The molecule has 2 N–H and O–H groups in total. The van der Waals surface area contributed by atoms with Gasteiger partial charge in [-0.3, -0.25) is 9.89 Å². The molecule has 1 fully saturated rings. The van der Waals surface area contributed by atoms with E-state index >= 15 is 0 Å². The highest BCUT2D eigenvalue weighted by atomic mass is 16.5. The van der Waals surface area contributed by atoms with Gasteiger partial charge < -0.3 is 20.3 Å². The standard InChI is InChI=1S/C20H33N5O/c1-3-21-20(22-8-10-24-12-14-26-15-13-24)23-9-11-25-17(2)16-18-6-4-5-7-19(18)25/h4-7,17H,3,8-16H2,1-2H3,(H2,21,22,23). The first kappa shape index (κ1) is 19.0. The van der Waals surface area contributed by atoms with Crippen molar-refractivity contribution in [3.8, 4) is 0 Å². The second-order valence-electron chi connectivity index (χ2n) is 7.02. The van der Waals surface area contributed by atoms with Crippen LogP contribution in [0, 0.1) is 0 Å². The summed E-state index contributed by atoms with van der Waals surface area (Å²) in [7, 11) is 0. The van der Waals surface area contributed by atoms with Crippen LogP contribution in [0.25, 0.3) is 0 Å². The quantitative estimate of drug-likeness (QED) is 0.568. The van der Waals surface area contributed by atoms with Crippen LogP contribution in [0.1, 0.15) is 19.4 Å². The second-order valence-corrected chi connectivity index (χ2v) is 7.02. The predicted molar refractivity (Wildman–Crippen MR) is 108 cm³/mol. The fourth-order valence-electron chi connectivity index (χ4n) is 3.73. The van der Waals surface area contributed by atoms with E-state index in [1.165, 1.54) is 11.3 Å². The molecule has 0 bridgehead atoms. The molecule has 1 saturated heterocycles. The molecule has 1 aromatic rings. The van der Waals surface area contributed by atoms with Crippen molar-refractivity contribution in [3.63, 3.8) is 0 Å². The highest BCUT2D eigenvalue weighted by Gasteiger charge is 2.24. The molecule has 0 amide bonds. The monoisotopic (exact) mass is 359 g/mol. The number of guanidine groups is 1. The van der Waals surface area contributed by atoms with Crippen molar-refractivity contribution < 1.29 is 4.74 Å². The molecule has 0 saturated carbocycles. The minimum atomic E-state index is 0.565. The summed E-state index contributed by atoms with van der Waals surface area (Å²) in [4.78, 5) is 9.64. The maximum absolute atomic E-state index is 5.39. The highest BCUT2D eigenvalue weighted by Crippen LogP contribution is 2.31. The molecule has 3 rings (SSSR count). The zero-order valence-electron chi connectivity index (χ0n) is 16.2. The summed E-state index contributed by atoms with van der Waals surface area (Å²) in [5, 5.41) is 6.84. The van der Waals surface area contributed by atoms with Crippen molar-refractivity contribution in [3.05, 3.63) is 29.8 Å². The van der Waals surface area contributed by atoms with Crippen LogP contribution < -0.4 is 15.5 Å². The van der Waals surface area contributed by atoms with Crippen LogP contribution in [-0.2, 0) is 11.2 Å². The van der Waals surface area contributed by atoms with Gasteiger partial charge in [0.1, 0.15) is 0 Å². The van der Waals surface area contributed by atoms with Gasteiger partial charge in [0.2, 0.25) is 0 Å². The lowest BCUT2D eigenvalue weighted by Gasteiger charge is -2.26. The van der Waals surface area contributed by atoms with Gasteiger partial charge in [0.25, 0.3) is 0 Å². The average Bonchev–Trinajstić information content (AvgIpc) is 2.98. The fourth-order valence-corrected chi connectivity index (χ4v) is 3.73. The number of hydrogen-bond acceptors (Lipinski definition) is 4. The zero-order chi connectivity index (χ0) is 18.2. The lowest BCUT2D eigenvalue weighted by atomic mass is 10.1. The molecule has 144 valence electrons. The Labute approximate surface area is 157 Å². The molecule has 2 aliphatic rings. The first-order valence-electron chi connectivity index (χ1n) is 9.94. The summed E-state index contributed by atoms with van der Waals surface area (Å²) in [6.45, 7) is 12.7. The number of aliphatic imine (C=N–C) groups is 1. The van der Waals surface area contributed by atoms with Crippen LogP contribution in [-0.4, -0.2) is 75.9 Å². The van der Waals surface area contributed by atoms with Crippen LogP contribution in [0.5, 0.6) is 0 Å². The van der Waals surface area contributed by atoms with E-state index in [2.05, 4.69) is 58.5 Å². The Kier molecular flexibility index (Phi) is 7.14. The van der Waals surface area contributed by atoms with Crippen molar-refractivity contribution in [1.82, 2.24) is 15.5 Å². The maximum atomic E-state index is 5.39. The number of hydrogen-bond donors (Lipinski definition) is 2. The first-order valence-corrected chi connectivity index (χ1v) is 9.94. The zero-order valence-corrected chi connectivity index (χ0v) is 16.2. The van der Waals surface area contributed by atoms with Gasteiger partial charge in [-0.1, -0.05) is 18.2 Å².